The van der Waals surface area contributed by atoms with Crippen molar-refractivity contribution in [1.29, 1.82) is 0 Å². The normalized spacial score (nSPS) is 18.0. The van der Waals surface area contributed by atoms with Crippen LogP contribution in [0.5, 0.6) is 5.75 Å². The summed E-state index contributed by atoms with van der Waals surface area (Å²) in [5.74, 6) is -0.141. The third-order valence-electron chi connectivity index (χ3n) is 3.75. The first-order valence-corrected chi connectivity index (χ1v) is 8.43. The second-order valence-electron chi connectivity index (χ2n) is 5.81. The van der Waals surface area contributed by atoms with E-state index in [1.54, 1.807) is 31.2 Å². The van der Waals surface area contributed by atoms with E-state index in [-0.39, 0.29) is 12.0 Å². The summed E-state index contributed by atoms with van der Waals surface area (Å²) in [5.41, 5.74) is 0.384. The van der Waals surface area contributed by atoms with Gasteiger partial charge in [-0.2, -0.15) is 0 Å². The fourth-order valence-electron chi connectivity index (χ4n) is 2.33. The minimum absolute atomic E-state index is 0.150. The van der Waals surface area contributed by atoms with E-state index in [1.807, 2.05) is 6.92 Å². The molecule has 1 aliphatic heterocycles. The maximum Gasteiger partial charge on any atom is 0.338 e. The van der Waals surface area contributed by atoms with Gasteiger partial charge in [0.05, 0.1) is 11.7 Å². The SMILES string of the molecule is CCCNC(=O)[C@H](C)OC(=O)c1ccc(OC[C@H]2CCCO2)cc1. The highest BCUT2D eigenvalue weighted by atomic mass is 16.5. The molecule has 6 heteroatoms. The quantitative estimate of drug-likeness (QED) is 0.738. The van der Waals surface area contributed by atoms with Crippen LogP contribution in [-0.2, 0) is 14.3 Å². The lowest BCUT2D eigenvalue weighted by Gasteiger charge is -2.14. The standard InChI is InChI=1S/C18H25NO5/c1-3-10-19-17(20)13(2)24-18(21)14-6-8-15(9-7-14)23-12-16-5-4-11-22-16/h6-9,13,16H,3-5,10-12H2,1-2H3,(H,19,20)/t13-,16+/m0/s1. The zero-order valence-corrected chi connectivity index (χ0v) is 14.2. The first kappa shape index (κ1) is 18.3. The van der Waals surface area contributed by atoms with E-state index in [9.17, 15) is 9.59 Å². The summed E-state index contributed by atoms with van der Waals surface area (Å²) in [7, 11) is 0. The summed E-state index contributed by atoms with van der Waals surface area (Å²) in [6, 6.07) is 6.69. The van der Waals surface area contributed by atoms with Crippen molar-refractivity contribution in [3.05, 3.63) is 29.8 Å². The highest BCUT2D eigenvalue weighted by Gasteiger charge is 2.19. The minimum Gasteiger partial charge on any atom is -0.491 e. The number of hydrogen-bond acceptors (Lipinski definition) is 5. The maximum absolute atomic E-state index is 12.0. The lowest BCUT2D eigenvalue weighted by Crippen LogP contribution is -2.36. The van der Waals surface area contributed by atoms with Gasteiger partial charge in [-0.15, -0.1) is 0 Å². The number of carbonyl (C=O) groups excluding carboxylic acids is 2. The zero-order valence-electron chi connectivity index (χ0n) is 14.2. The molecule has 1 aromatic rings. The number of esters is 1. The van der Waals surface area contributed by atoms with E-state index < -0.39 is 12.1 Å². The Morgan fingerprint density at radius 2 is 2.08 bits per heavy atom. The first-order valence-electron chi connectivity index (χ1n) is 8.43. The smallest absolute Gasteiger partial charge is 0.338 e. The predicted molar refractivity (Wildman–Crippen MR) is 89.1 cm³/mol. The van der Waals surface area contributed by atoms with Crippen molar-refractivity contribution in [3.8, 4) is 5.75 Å². The van der Waals surface area contributed by atoms with E-state index in [2.05, 4.69) is 5.32 Å². The lowest BCUT2D eigenvalue weighted by molar-refractivity contribution is -0.129. The number of nitrogens with one attached hydrogen (secondary N) is 1. The molecular formula is C18H25NO5. The van der Waals surface area contributed by atoms with Crippen LogP contribution in [0.3, 0.4) is 0 Å². The molecule has 1 aromatic carbocycles. The van der Waals surface area contributed by atoms with Gasteiger partial charge in [-0.1, -0.05) is 6.92 Å². The zero-order chi connectivity index (χ0) is 17.4. The average Bonchev–Trinajstić information content (AvgIpc) is 3.11. The Balaban J connectivity index is 1.80. The van der Waals surface area contributed by atoms with Crippen molar-refractivity contribution < 1.29 is 23.8 Å². The summed E-state index contributed by atoms with van der Waals surface area (Å²) in [6.45, 7) is 5.39. The average molecular weight is 335 g/mol. The fraction of sp³-hybridized carbons (Fsp3) is 0.556. The molecule has 132 valence electrons. The lowest BCUT2D eigenvalue weighted by atomic mass is 10.2. The molecule has 0 bridgehead atoms. The number of carbonyl (C=O) groups is 2. The van der Waals surface area contributed by atoms with Crippen LogP contribution in [0.15, 0.2) is 24.3 Å². The van der Waals surface area contributed by atoms with Gasteiger partial charge in [-0.3, -0.25) is 4.79 Å². The molecule has 2 atom stereocenters. The van der Waals surface area contributed by atoms with Crippen molar-refractivity contribution in [3.63, 3.8) is 0 Å². The Kier molecular flexibility index (Phi) is 7.06. The van der Waals surface area contributed by atoms with Crippen molar-refractivity contribution >= 4 is 11.9 Å². The number of ether oxygens (including phenoxy) is 3. The predicted octanol–water partition coefficient (Wildman–Crippen LogP) is 2.32. The van der Waals surface area contributed by atoms with Crippen LogP contribution in [0.1, 0.15) is 43.5 Å². The van der Waals surface area contributed by atoms with Crippen molar-refractivity contribution in [2.75, 3.05) is 19.8 Å². The van der Waals surface area contributed by atoms with E-state index >= 15 is 0 Å². The third kappa shape index (κ3) is 5.53. The Bertz CT molecular complexity index is 537. The summed E-state index contributed by atoms with van der Waals surface area (Å²) in [6.07, 6.45) is 2.25. The molecule has 0 unspecified atom stereocenters. The van der Waals surface area contributed by atoms with Gasteiger partial charge in [0.25, 0.3) is 5.91 Å². The van der Waals surface area contributed by atoms with E-state index in [0.29, 0.717) is 24.5 Å². The fourth-order valence-corrected chi connectivity index (χ4v) is 2.33. The highest BCUT2D eigenvalue weighted by molar-refractivity contribution is 5.92. The topological polar surface area (TPSA) is 73.9 Å². The van der Waals surface area contributed by atoms with Gasteiger partial charge in [-0.05, 0) is 50.5 Å². The number of amides is 1. The van der Waals surface area contributed by atoms with Crippen LogP contribution in [0, 0.1) is 0 Å². The Morgan fingerprint density at radius 3 is 2.71 bits per heavy atom. The van der Waals surface area contributed by atoms with E-state index in [1.165, 1.54) is 0 Å². The Hall–Kier alpha value is -2.08. The van der Waals surface area contributed by atoms with Crippen LogP contribution < -0.4 is 10.1 Å². The molecule has 0 aliphatic carbocycles. The Morgan fingerprint density at radius 1 is 1.33 bits per heavy atom. The van der Waals surface area contributed by atoms with Gasteiger partial charge in [-0.25, -0.2) is 4.79 Å². The second-order valence-corrected chi connectivity index (χ2v) is 5.81. The van der Waals surface area contributed by atoms with Crippen molar-refractivity contribution in [1.82, 2.24) is 5.32 Å². The maximum atomic E-state index is 12.0. The minimum atomic E-state index is -0.820. The van der Waals surface area contributed by atoms with Gasteiger partial charge < -0.3 is 19.5 Å². The van der Waals surface area contributed by atoms with Crippen LogP contribution in [0.4, 0.5) is 0 Å². The Labute approximate surface area is 142 Å². The van der Waals surface area contributed by atoms with E-state index in [0.717, 1.165) is 25.9 Å². The van der Waals surface area contributed by atoms with Crippen molar-refractivity contribution in [2.45, 2.75) is 45.3 Å². The molecule has 0 spiro atoms. The molecule has 2 rings (SSSR count). The van der Waals surface area contributed by atoms with Gasteiger partial charge in [0.1, 0.15) is 12.4 Å². The molecule has 1 fully saturated rings. The molecule has 0 aromatic heterocycles. The molecule has 1 heterocycles. The first-order chi connectivity index (χ1) is 11.6. The molecule has 0 saturated carbocycles. The molecule has 1 saturated heterocycles. The van der Waals surface area contributed by atoms with Crippen molar-refractivity contribution in [2.24, 2.45) is 0 Å². The molecule has 1 amide bonds. The monoisotopic (exact) mass is 335 g/mol. The van der Waals surface area contributed by atoms with Gasteiger partial charge in [0.2, 0.25) is 0 Å². The molecule has 6 nitrogen and oxygen atoms in total. The third-order valence-corrected chi connectivity index (χ3v) is 3.75. The van der Waals surface area contributed by atoms with Gasteiger partial charge in [0.15, 0.2) is 6.10 Å². The number of benzene rings is 1. The molecular weight excluding hydrogens is 310 g/mol. The second kappa shape index (κ2) is 9.27. The van der Waals surface area contributed by atoms with E-state index in [4.69, 9.17) is 14.2 Å². The summed E-state index contributed by atoms with van der Waals surface area (Å²) < 4.78 is 16.3. The van der Waals surface area contributed by atoms with Gasteiger partial charge in [0, 0.05) is 13.2 Å². The van der Waals surface area contributed by atoms with Crippen LogP contribution in [0.25, 0.3) is 0 Å². The van der Waals surface area contributed by atoms with Crippen LogP contribution in [0.2, 0.25) is 0 Å². The van der Waals surface area contributed by atoms with Crippen LogP contribution in [-0.4, -0.2) is 43.8 Å². The molecule has 0 radical (unpaired) electrons. The number of rotatable bonds is 8. The number of hydrogen-bond donors (Lipinski definition) is 1. The van der Waals surface area contributed by atoms with Crippen LogP contribution >= 0.6 is 0 Å². The molecule has 1 aliphatic rings. The summed E-state index contributed by atoms with van der Waals surface area (Å²) in [5, 5.41) is 2.69. The molecule has 1 N–H and O–H groups in total. The van der Waals surface area contributed by atoms with Gasteiger partial charge >= 0.3 is 5.97 Å². The molecule has 24 heavy (non-hydrogen) atoms. The summed E-state index contributed by atoms with van der Waals surface area (Å²) in [4.78, 5) is 23.8. The highest BCUT2D eigenvalue weighted by Crippen LogP contribution is 2.17. The summed E-state index contributed by atoms with van der Waals surface area (Å²) >= 11 is 0. The largest absolute Gasteiger partial charge is 0.491 e.